The molecule has 6 heteroatoms. The van der Waals surface area contributed by atoms with E-state index in [0.717, 1.165) is 20.9 Å². The first-order valence-corrected chi connectivity index (χ1v) is 9.28. The lowest BCUT2D eigenvalue weighted by molar-refractivity contribution is -0.121. The molecule has 0 saturated carbocycles. The normalized spacial score (nSPS) is 11.7. The maximum atomic E-state index is 12.3. The van der Waals surface area contributed by atoms with Crippen molar-refractivity contribution in [2.75, 3.05) is 14.2 Å². The summed E-state index contributed by atoms with van der Waals surface area (Å²) in [6, 6.07) is 7.23. The quantitative estimate of drug-likeness (QED) is 0.702. The van der Waals surface area contributed by atoms with E-state index in [9.17, 15) is 9.59 Å². The van der Waals surface area contributed by atoms with Gasteiger partial charge in [0.05, 0.1) is 20.3 Å². The third kappa shape index (κ3) is 4.85. The lowest BCUT2D eigenvalue weighted by Gasteiger charge is -2.16. The Morgan fingerprint density at radius 2 is 1.77 bits per heavy atom. The first-order valence-electron chi connectivity index (χ1n) is 8.47. The number of benzene rings is 1. The van der Waals surface area contributed by atoms with Crippen LogP contribution >= 0.6 is 11.3 Å². The van der Waals surface area contributed by atoms with Crippen molar-refractivity contribution in [1.82, 2.24) is 5.32 Å². The van der Waals surface area contributed by atoms with Gasteiger partial charge in [0.25, 0.3) is 0 Å². The molecule has 0 aliphatic rings. The van der Waals surface area contributed by atoms with Crippen LogP contribution in [0.2, 0.25) is 0 Å². The second kappa shape index (κ2) is 8.85. The first-order chi connectivity index (χ1) is 12.3. The fourth-order valence-electron chi connectivity index (χ4n) is 2.79. The van der Waals surface area contributed by atoms with Crippen molar-refractivity contribution < 1.29 is 19.1 Å². The highest BCUT2D eigenvalue weighted by Gasteiger charge is 2.16. The first kappa shape index (κ1) is 20.0. The molecule has 5 nitrogen and oxygen atoms in total. The minimum atomic E-state index is -0.192. The van der Waals surface area contributed by atoms with Crippen LogP contribution in [0.5, 0.6) is 11.5 Å². The van der Waals surface area contributed by atoms with E-state index in [1.165, 1.54) is 0 Å². The van der Waals surface area contributed by atoms with E-state index >= 15 is 0 Å². The van der Waals surface area contributed by atoms with Crippen LogP contribution in [0.3, 0.4) is 0 Å². The fourth-order valence-corrected chi connectivity index (χ4v) is 3.73. The van der Waals surface area contributed by atoms with Gasteiger partial charge < -0.3 is 14.8 Å². The van der Waals surface area contributed by atoms with Gasteiger partial charge in [-0.15, -0.1) is 11.3 Å². The number of ether oxygens (including phenoxy) is 2. The number of thiophene rings is 1. The monoisotopic (exact) mass is 375 g/mol. The number of rotatable bonds is 8. The number of aryl methyl sites for hydroxylation is 2. The summed E-state index contributed by atoms with van der Waals surface area (Å²) in [5, 5.41) is 2.93. The van der Waals surface area contributed by atoms with Gasteiger partial charge in [0.1, 0.15) is 0 Å². The Kier molecular flexibility index (Phi) is 6.80. The number of hydrogen-bond donors (Lipinski definition) is 1. The van der Waals surface area contributed by atoms with Gasteiger partial charge in [-0.2, -0.15) is 0 Å². The zero-order chi connectivity index (χ0) is 19.3. The smallest absolute Gasteiger partial charge is 0.220 e. The third-order valence-electron chi connectivity index (χ3n) is 4.21. The zero-order valence-electron chi connectivity index (χ0n) is 15.8. The van der Waals surface area contributed by atoms with E-state index in [2.05, 4.69) is 5.32 Å². The highest BCUT2D eigenvalue weighted by Crippen LogP contribution is 2.30. The van der Waals surface area contributed by atoms with Crippen LogP contribution in [0.15, 0.2) is 24.3 Å². The predicted molar refractivity (Wildman–Crippen MR) is 103 cm³/mol. The average molecular weight is 375 g/mol. The summed E-state index contributed by atoms with van der Waals surface area (Å²) in [4.78, 5) is 26.6. The van der Waals surface area contributed by atoms with Gasteiger partial charge in [0.2, 0.25) is 5.91 Å². The maximum absolute atomic E-state index is 12.3. The predicted octanol–water partition coefficient (Wildman–Crippen LogP) is 4.22. The Balaban J connectivity index is 1.93. The molecule has 1 aromatic heterocycles. The third-order valence-corrected chi connectivity index (χ3v) is 5.17. The minimum absolute atomic E-state index is 0.0146. The Morgan fingerprint density at radius 1 is 1.08 bits per heavy atom. The molecule has 0 radical (unpaired) electrons. The van der Waals surface area contributed by atoms with E-state index in [4.69, 9.17) is 9.47 Å². The number of carbonyl (C=O) groups excluding carboxylic acids is 2. The molecule has 2 aromatic rings. The lowest BCUT2D eigenvalue weighted by Crippen LogP contribution is -2.27. The number of Topliss-reactive ketones (excluding diaryl/α,β-unsaturated/α-hetero) is 1. The SMILES string of the molecule is COc1ccc(C(C)NC(=O)CCC(=O)c2cc(C)sc2C)cc1OC. The molecule has 1 unspecified atom stereocenters. The molecule has 1 amide bonds. The van der Waals surface area contributed by atoms with Crippen LogP contribution in [0.4, 0.5) is 0 Å². The van der Waals surface area contributed by atoms with Crippen molar-refractivity contribution in [3.63, 3.8) is 0 Å². The maximum Gasteiger partial charge on any atom is 0.220 e. The van der Waals surface area contributed by atoms with Crippen molar-refractivity contribution in [3.05, 3.63) is 45.1 Å². The van der Waals surface area contributed by atoms with Crippen molar-refractivity contribution >= 4 is 23.0 Å². The second-order valence-electron chi connectivity index (χ2n) is 6.15. The van der Waals surface area contributed by atoms with Crippen LogP contribution in [-0.4, -0.2) is 25.9 Å². The van der Waals surface area contributed by atoms with Crippen LogP contribution in [0.1, 0.15) is 51.5 Å². The molecule has 1 atom stereocenters. The van der Waals surface area contributed by atoms with Crippen LogP contribution in [0.25, 0.3) is 0 Å². The van der Waals surface area contributed by atoms with Crippen molar-refractivity contribution in [2.45, 2.75) is 39.7 Å². The number of carbonyl (C=O) groups is 2. The van der Waals surface area contributed by atoms with Gasteiger partial charge in [0, 0.05) is 28.2 Å². The van der Waals surface area contributed by atoms with E-state index < -0.39 is 0 Å². The Morgan fingerprint density at radius 3 is 2.35 bits per heavy atom. The van der Waals surface area contributed by atoms with Gasteiger partial charge in [-0.25, -0.2) is 0 Å². The van der Waals surface area contributed by atoms with Crippen molar-refractivity contribution in [2.24, 2.45) is 0 Å². The minimum Gasteiger partial charge on any atom is -0.493 e. The number of amides is 1. The molecule has 1 heterocycles. The molecule has 26 heavy (non-hydrogen) atoms. The van der Waals surface area contributed by atoms with Crippen LogP contribution < -0.4 is 14.8 Å². The molecule has 0 aliphatic carbocycles. The van der Waals surface area contributed by atoms with Gasteiger partial charge in [0.15, 0.2) is 17.3 Å². The van der Waals surface area contributed by atoms with E-state index in [0.29, 0.717) is 11.5 Å². The summed E-state index contributed by atoms with van der Waals surface area (Å²) in [6.45, 7) is 5.81. The average Bonchev–Trinajstić information content (AvgIpc) is 2.97. The summed E-state index contributed by atoms with van der Waals surface area (Å²) in [5.74, 6) is 1.12. The number of methoxy groups -OCH3 is 2. The van der Waals surface area contributed by atoms with Gasteiger partial charge in [-0.05, 0) is 44.5 Å². The van der Waals surface area contributed by atoms with Crippen LogP contribution in [-0.2, 0) is 4.79 Å². The molecular formula is C20H25NO4S. The topological polar surface area (TPSA) is 64.6 Å². The number of hydrogen-bond acceptors (Lipinski definition) is 5. The summed E-state index contributed by atoms with van der Waals surface area (Å²) >= 11 is 1.60. The van der Waals surface area contributed by atoms with Crippen molar-refractivity contribution in [1.29, 1.82) is 0 Å². The van der Waals surface area contributed by atoms with Crippen molar-refractivity contribution in [3.8, 4) is 11.5 Å². The molecule has 140 valence electrons. The molecule has 0 spiro atoms. The van der Waals surface area contributed by atoms with E-state index in [1.54, 1.807) is 25.6 Å². The molecule has 0 fully saturated rings. The summed E-state index contributed by atoms with van der Waals surface area (Å²) in [5.41, 5.74) is 1.64. The second-order valence-corrected chi connectivity index (χ2v) is 7.61. The largest absolute Gasteiger partial charge is 0.493 e. The standard InChI is InChI=1S/C20H25NO4S/c1-12-10-16(14(3)26-12)17(22)7-9-20(23)21-13(2)15-6-8-18(24-4)19(11-15)25-5/h6,8,10-11,13H,7,9H2,1-5H3,(H,21,23). The summed E-state index contributed by atoms with van der Waals surface area (Å²) < 4.78 is 10.5. The Hall–Kier alpha value is -2.34. The molecular weight excluding hydrogens is 350 g/mol. The highest BCUT2D eigenvalue weighted by molar-refractivity contribution is 7.12. The molecule has 0 aliphatic heterocycles. The van der Waals surface area contributed by atoms with E-state index in [1.807, 2.05) is 45.0 Å². The highest BCUT2D eigenvalue weighted by atomic mass is 32.1. The molecule has 0 bridgehead atoms. The number of nitrogens with one attached hydrogen (secondary N) is 1. The number of ketones is 1. The lowest BCUT2D eigenvalue weighted by atomic mass is 10.1. The van der Waals surface area contributed by atoms with Gasteiger partial charge in [-0.1, -0.05) is 6.07 Å². The summed E-state index contributed by atoms with van der Waals surface area (Å²) in [6.07, 6.45) is 0.381. The molecule has 1 aromatic carbocycles. The van der Waals surface area contributed by atoms with Gasteiger partial charge in [-0.3, -0.25) is 9.59 Å². The zero-order valence-corrected chi connectivity index (χ0v) is 16.7. The molecule has 1 N–H and O–H groups in total. The Bertz CT molecular complexity index is 797. The summed E-state index contributed by atoms with van der Waals surface area (Å²) in [7, 11) is 3.15. The molecule has 0 saturated heterocycles. The van der Waals surface area contributed by atoms with Crippen LogP contribution in [0, 0.1) is 13.8 Å². The molecule has 2 rings (SSSR count). The Labute approximate surface area is 158 Å². The van der Waals surface area contributed by atoms with Gasteiger partial charge >= 0.3 is 0 Å². The fraction of sp³-hybridized carbons (Fsp3) is 0.400. The van der Waals surface area contributed by atoms with E-state index in [-0.39, 0.29) is 30.6 Å².